The highest BCUT2D eigenvalue weighted by Gasteiger charge is 1.95. The van der Waals surface area contributed by atoms with E-state index in [-0.39, 0.29) is 0 Å². The zero-order valence-corrected chi connectivity index (χ0v) is 5.91. The molecule has 0 bridgehead atoms. The van der Waals surface area contributed by atoms with Gasteiger partial charge in [-0.05, 0) is 17.5 Å². The van der Waals surface area contributed by atoms with Crippen LogP contribution < -0.4 is 5.46 Å². The average Bonchev–Trinajstić information content (AvgIpc) is 2.50. The molecule has 2 nitrogen and oxygen atoms in total. The molecular formula is C8H7BNO. The molecule has 2 rings (SSSR count). The number of benzene rings is 1. The Morgan fingerprint density at radius 3 is 3.00 bits per heavy atom. The standard InChI is InChI=1S/C8H7BNO/c11-9-7-1-2-8-6(5-7)3-4-10-8/h1-5,10-11H. The first-order valence-corrected chi connectivity index (χ1v) is 3.45. The van der Waals surface area contributed by atoms with Gasteiger partial charge in [0.15, 0.2) is 0 Å². The van der Waals surface area contributed by atoms with Crippen molar-refractivity contribution in [3.8, 4) is 0 Å². The zero-order chi connectivity index (χ0) is 7.68. The minimum absolute atomic E-state index is 0.831. The fourth-order valence-corrected chi connectivity index (χ4v) is 1.15. The highest BCUT2D eigenvalue weighted by molar-refractivity contribution is 6.45. The molecule has 2 aromatic rings. The molecule has 0 aliphatic heterocycles. The van der Waals surface area contributed by atoms with Crippen LogP contribution in [-0.2, 0) is 0 Å². The number of aromatic nitrogens is 1. The topological polar surface area (TPSA) is 36.0 Å². The predicted octanol–water partition coefficient (Wildman–Crippen LogP) is 0.405. The van der Waals surface area contributed by atoms with Gasteiger partial charge < -0.3 is 10.0 Å². The molecule has 0 fully saturated rings. The van der Waals surface area contributed by atoms with Crippen LogP contribution in [0.2, 0.25) is 0 Å². The molecule has 1 aromatic heterocycles. The van der Waals surface area contributed by atoms with Crippen LogP contribution in [-0.4, -0.2) is 17.5 Å². The SMILES string of the molecule is O[B]c1ccc2[nH]ccc2c1. The monoisotopic (exact) mass is 144 g/mol. The Hall–Kier alpha value is -1.22. The van der Waals surface area contributed by atoms with Crippen LogP contribution in [0.4, 0.5) is 0 Å². The number of H-pyrrole nitrogens is 1. The van der Waals surface area contributed by atoms with Gasteiger partial charge in [-0.1, -0.05) is 17.6 Å². The van der Waals surface area contributed by atoms with Gasteiger partial charge in [-0.15, -0.1) is 0 Å². The van der Waals surface area contributed by atoms with E-state index in [2.05, 4.69) is 4.98 Å². The smallest absolute Gasteiger partial charge is 0.326 e. The largest absolute Gasteiger partial charge is 0.450 e. The van der Waals surface area contributed by atoms with Crippen molar-refractivity contribution in [3.63, 3.8) is 0 Å². The predicted molar refractivity (Wildman–Crippen MR) is 45.9 cm³/mol. The maximum atomic E-state index is 8.70. The molecule has 0 saturated heterocycles. The van der Waals surface area contributed by atoms with Crippen molar-refractivity contribution in [2.45, 2.75) is 0 Å². The molecular weight excluding hydrogens is 137 g/mol. The van der Waals surface area contributed by atoms with Crippen LogP contribution in [0.15, 0.2) is 30.5 Å². The molecule has 1 heterocycles. The van der Waals surface area contributed by atoms with Gasteiger partial charge in [0.05, 0.1) is 0 Å². The van der Waals surface area contributed by atoms with Gasteiger partial charge in [-0.3, -0.25) is 0 Å². The van der Waals surface area contributed by atoms with Crippen LogP contribution in [0.25, 0.3) is 10.9 Å². The second-order valence-corrected chi connectivity index (χ2v) is 2.45. The summed E-state index contributed by atoms with van der Waals surface area (Å²) in [6, 6.07) is 7.70. The summed E-state index contributed by atoms with van der Waals surface area (Å²) in [6.45, 7) is 0. The summed E-state index contributed by atoms with van der Waals surface area (Å²) >= 11 is 0. The van der Waals surface area contributed by atoms with E-state index < -0.39 is 0 Å². The van der Waals surface area contributed by atoms with Crippen molar-refractivity contribution >= 4 is 23.8 Å². The van der Waals surface area contributed by atoms with Gasteiger partial charge >= 0.3 is 7.48 Å². The van der Waals surface area contributed by atoms with E-state index >= 15 is 0 Å². The summed E-state index contributed by atoms with van der Waals surface area (Å²) in [5.41, 5.74) is 1.92. The summed E-state index contributed by atoms with van der Waals surface area (Å²) in [6.07, 6.45) is 1.88. The Labute approximate surface area is 65.1 Å². The average molecular weight is 144 g/mol. The first-order chi connectivity index (χ1) is 5.40. The number of hydrogen-bond acceptors (Lipinski definition) is 1. The second kappa shape index (κ2) is 2.44. The van der Waals surface area contributed by atoms with Crippen molar-refractivity contribution < 1.29 is 5.02 Å². The van der Waals surface area contributed by atoms with E-state index in [0.717, 1.165) is 23.8 Å². The minimum atomic E-state index is 0.831. The summed E-state index contributed by atoms with van der Waals surface area (Å²) in [4.78, 5) is 3.08. The van der Waals surface area contributed by atoms with Gasteiger partial charge in [0.25, 0.3) is 0 Å². The van der Waals surface area contributed by atoms with Gasteiger partial charge in [-0.2, -0.15) is 0 Å². The van der Waals surface area contributed by atoms with Crippen molar-refractivity contribution in [2.75, 3.05) is 0 Å². The highest BCUT2D eigenvalue weighted by Crippen LogP contribution is 2.08. The van der Waals surface area contributed by atoms with Gasteiger partial charge in [0.1, 0.15) is 0 Å². The Morgan fingerprint density at radius 2 is 2.18 bits per heavy atom. The first-order valence-electron chi connectivity index (χ1n) is 3.45. The lowest BCUT2D eigenvalue weighted by Crippen LogP contribution is -2.11. The summed E-state index contributed by atoms with van der Waals surface area (Å²) < 4.78 is 0. The summed E-state index contributed by atoms with van der Waals surface area (Å²) in [7, 11) is 1.10. The Morgan fingerprint density at radius 1 is 1.27 bits per heavy atom. The third kappa shape index (κ3) is 1.03. The van der Waals surface area contributed by atoms with Crippen LogP contribution in [0, 0.1) is 0 Å². The number of rotatable bonds is 1. The van der Waals surface area contributed by atoms with Gasteiger partial charge in [0, 0.05) is 11.7 Å². The number of aromatic amines is 1. The van der Waals surface area contributed by atoms with E-state index in [9.17, 15) is 0 Å². The molecule has 0 aliphatic rings. The number of fused-ring (bicyclic) bond motifs is 1. The molecule has 3 heteroatoms. The third-order valence-corrected chi connectivity index (χ3v) is 1.73. The normalized spacial score (nSPS) is 10.3. The molecule has 2 N–H and O–H groups in total. The third-order valence-electron chi connectivity index (χ3n) is 1.73. The van der Waals surface area contributed by atoms with E-state index in [1.807, 2.05) is 30.5 Å². The Kier molecular flexibility index (Phi) is 1.44. The molecule has 1 radical (unpaired) electrons. The molecule has 0 saturated carbocycles. The number of hydrogen-bond donors (Lipinski definition) is 2. The summed E-state index contributed by atoms with van der Waals surface area (Å²) in [5, 5.41) is 9.82. The molecule has 0 aliphatic carbocycles. The molecule has 11 heavy (non-hydrogen) atoms. The fourth-order valence-electron chi connectivity index (χ4n) is 1.15. The quantitative estimate of drug-likeness (QED) is 0.558. The maximum absolute atomic E-state index is 8.70. The first kappa shape index (κ1) is 6.49. The zero-order valence-electron chi connectivity index (χ0n) is 5.91. The van der Waals surface area contributed by atoms with Crippen molar-refractivity contribution in [1.82, 2.24) is 4.98 Å². The van der Waals surface area contributed by atoms with E-state index in [4.69, 9.17) is 5.02 Å². The molecule has 1 aromatic carbocycles. The highest BCUT2D eigenvalue weighted by atomic mass is 16.2. The fraction of sp³-hybridized carbons (Fsp3) is 0. The van der Waals surface area contributed by atoms with Crippen LogP contribution >= 0.6 is 0 Å². The van der Waals surface area contributed by atoms with E-state index in [1.54, 1.807) is 0 Å². The molecule has 0 spiro atoms. The number of nitrogens with one attached hydrogen (secondary N) is 1. The lowest BCUT2D eigenvalue weighted by molar-refractivity contribution is 0.615. The molecule has 0 atom stereocenters. The van der Waals surface area contributed by atoms with Crippen molar-refractivity contribution in [1.29, 1.82) is 0 Å². The maximum Gasteiger partial charge on any atom is 0.326 e. The molecule has 0 unspecified atom stereocenters. The van der Waals surface area contributed by atoms with Gasteiger partial charge in [0.2, 0.25) is 0 Å². The lowest BCUT2D eigenvalue weighted by Gasteiger charge is -1.92. The second-order valence-electron chi connectivity index (χ2n) is 2.45. The van der Waals surface area contributed by atoms with E-state index in [0.29, 0.717) is 0 Å². The van der Waals surface area contributed by atoms with Crippen molar-refractivity contribution in [2.24, 2.45) is 0 Å². The van der Waals surface area contributed by atoms with E-state index in [1.165, 1.54) is 0 Å². The molecule has 0 amide bonds. The minimum Gasteiger partial charge on any atom is -0.450 e. The van der Waals surface area contributed by atoms with Crippen LogP contribution in [0.1, 0.15) is 0 Å². The molecule has 53 valence electrons. The van der Waals surface area contributed by atoms with Crippen LogP contribution in [0.3, 0.4) is 0 Å². The van der Waals surface area contributed by atoms with Gasteiger partial charge in [-0.25, -0.2) is 0 Å². The lowest BCUT2D eigenvalue weighted by atomic mass is 9.88. The van der Waals surface area contributed by atoms with Crippen molar-refractivity contribution in [3.05, 3.63) is 30.5 Å². The Balaban J connectivity index is 2.67. The van der Waals surface area contributed by atoms with Crippen LogP contribution in [0.5, 0.6) is 0 Å². The Bertz CT molecular complexity index is 369. The summed E-state index contributed by atoms with van der Waals surface area (Å²) in [5.74, 6) is 0.